The lowest BCUT2D eigenvalue weighted by atomic mass is 9.95. The van der Waals surface area contributed by atoms with E-state index in [0.29, 0.717) is 17.1 Å². The smallest absolute Gasteiger partial charge is 0.254 e. The summed E-state index contributed by atoms with van der Waals surface area (Å²) >= 11 is 3.08. The Morgan fingerprint density at radius 2 is 1.68 bits per heavy atom. The summed E-state index contributed by atoms with van der Waals surface area (Å²) in [5.74, 6) is -0.279. The highest BCUT2D eigenvalue weighted by Crippen LogP contribution is 2.38. The van der Waals surface area contributed by atoms with E-state index in [1.54, 1.807) is 11.3 Å². The number of nitrogens with zero attached hydrogens (tertiary/aromatic N) is 1. The summed E-state index contributed by atoms with van der Waals surface area (Å²) < 4.78 is 0. The van der Waals surface area contributed by atoms with Crippen molar-refractivity contribution < 1.29 is 9.59 Å². The molecular weight excluding hydrogens is 462 g/mol. The Morgan fingerprint density at radius 1 is 0.941 bits per heavy atom. The van der Waals surface area contributed by atoms with E-state index in [1.165, 1.54) is 16.2 Å². The first-order chi connectivity index (χ1) is 16.7. The minimum Gasteiger partial charge on any atom is -0.348 e. The first-order valence-electron chi connectivity index (χ1n) is 11.4. The highest BCUT2D eigenvalue weighted by Gasteiger charge is 2.26. The van der Waals surface area contributed by atoms with Crippen molar-refractivity contribution in [1.29, 1.82) is 0 Å². The second-order valence-corrected chi connectivity index (χ2v) is 10.3. The standard InChI is InChI=1S/C27H25N3O2S2/c31-23(15-20-17-33-26(29-20)19-11-5-2-6-12-19)30-27-24(21-13-7-8-14-22(21)34-27)25(32)28-16-18-9-3-1-4-10-18/h1-6,9-12,17H,7-8,13-16H2,(H,28,32)(H,30,31). The third-order valence-corrected chi connectivity index (χ3v) is 8.01. The van der Waals surface area contributed by atoms with Crippen molar-refractivity contribution in [2.24, 2.45) is 0 Å². The van der Waals surface area contributed by atoms with E-state index >= 15 is 0 Å². The number of amides is 2. The van der Waals surface area contributed by atoms with Crippen LogP contribution in [0.4, 0.5) is 5.00 Å². The van der Waals surface area contributed by atoms with Crippen LogP contribution < -0.4 is 10.6 Å². The number of anilines is 1. The maximum Gasteiger partial charge on any atom is 0.254 e. The Balaban J connectivity index is 1.31. The number of benzene rings is 2. The van der Waals surface area contributed by atoms with E-state index in [-0.39, 0.29) is 18.2 Å². The molecule has 5 nitrogen and oxygen atoms in total. The molecule has 2 N–H and O–H groups in total. The summed E-state index contributed by atoms with van der Waals surface area (Å²) in [6.07, 6.45) is 4.20. The number of hydrogen-bond acceptors (Lipinski definition) is 5. The van der Waals surface area contributed by atoms with Crippen molar-refractivity contribution in [2.45, 2.75) is 38.6 Å². The van der Waals surface area contributed by atoms with Gasteiger partial charge in [0.25, 0.3) is 5.91 Å². The van der Waals surface area contributed by atoms with Crippen LogP contribution in [0.1, 0.15) is 44.9 Å². The minimum absolute atomic E-state index is 0.126. The van der Waals surface area contributed by atoms with Gasteiger partial charge in [-0.3, -0.25) is 9.59 Å². The molecule has 0 unspecified atom stereocenters. The molecule has 34 heavy (non-hydrogen) atoms. The van der Waals surface area contributed by atoms with Gasteiger partial charge in [0, 0.05) is 22.4 Å². The number of carbonyl (C=O) groups is 2. The van der Waals surface area contributed by atoms with Crippen molar-refractivity contribution in [1.82, 2.24) is 10.3 Å². The molecule has 0 spiro atoms. The largest absolute Gasteiger partial charge is 0.348 e. The average molecular weight is 488 g/mol. The zero-order valence-corrected chi connectivity index (χ0v) is 20.3. The van der Waals surface area contributed by atoms with Crippen LogP contribution in [0.3, 0.4) is 0 Å². The number of fused-ring (bicyclic) bond motifs is 1. The van der Waals surface area contributed by atoms with Crippen LogP contribution in [0.15, 0.2) is 66.0 Å². The Hall–Kier alpha value is -3.29. The van der Waals surface area contributed by atoms with E-state index < -0.39 is 0 Å². The Labute approximate surface area is 206 Å². The van der Waals surface area contributed by atoms with E-state index in [1.807, 2.05) is 66.0 Å². The lowest BCUT2D eigenvalue weighted by Crippen LogP contribution is -2.25. The SMILES string of the molecule is O=C(Cc1csc(-c2ccccc2)n1)Nc1sc2c(c1C(=O)NCc1ccccc1)CCCC2. The van der Waals surface area contributed by atoms with Crippen LogP contribution in [-0.2, 0) is 30.6 Å². The lowest BCUT2D eigenvalue weighted by Gasteiger charge is -2.13. The van der Waals surface area contributed by atoms with Crippen molar-refractivity contribution in [3.05, 3.63) is 93.3 Å². The Bertz CT molecular complexity index is 1300. The Kier molecular flexibility index (Phi) is 6.83. The molecule has 0 saturated heterocycles. The first-order valence-corrected chi connectivity index (χ1v) is 13.1. The highest BCUT2D eigenvalue weighted by molar-refractivity contribution is 7.17. The van der Waals surface area contributed by atoms with Gasteiger partial charge < -0.3 is 10.6 Å². The molecule has 0 fully saturated rings. The average Bonchev–Trinajstić information content (AvgIpc) is 3.48. The molecule has 0 atom stereocenters. The van der Waals surface area contributed by atoms with Gasteiger partial charge in [-0.15, -0.1) is 22.7 Å². The second kappa shape index (κ2) is 10.3. The molecule has 2 amide bonds. The van der Waals surface area contributed by atoms with Crippen LogP contribution >= 0.6 is 22.7 Å². The zero-order chi connectivity index (χ0) is 23.3. The highest BCUT2D eigenvalue weighted by atomic mass is 32.1. The third kappa shape index (κ3) is 5.11. The lowest BCUT2D eigenvalue weighted by molar-refractivity contribution is -0.115. The number of rotatable bonds is 7. The molecule has 2 aromatic carbocycles. The van der Waals surface area contributed by atoms with Gasteiger partial charge >= 0.3 is 0 Å². The van der Waals surface area contributed by atoms with E-state index in [2.05, 4.69) is 15.6 Å². The number of hydrogen-bond donors (Lipinski definition) is 2. The monoisotopic (exact) mass is 487 g/mol. The maximum atomic E-state index is 13.2. The fourth-order valence-electron chi connectivity index (χ4n) is 4.20. The van der Waals surface area contributed by atoms with Crippen molar-refractivity contribution in [3.8, 4) is 10.6 Å². The van der Waals surface area contributed by atoms with Crippen LogP contribution in [0.5, 0.6) is 0 Å². The van der Waals surface area contributed by atoms with Crippen molar-refractivity contribution >= 4 is 39.5 Å². The van der Waals surface area contributed by atoms with Gasteiger partial charge in [-0.1, -0.05) is 60.7 Å². The van der Waals surface area contributed by atoms with Gasteiger partial charge in [0.1, 0.15) is 10.0 Å². The predicted molar refractivity (Wildman–Crippen MR) is 138 cm³/mol. The topological polar surface area (TPSA) is 71.1 Å². The summed E-state index contributed by atoms with van der Waals surface area (Å²) in [4.78, 5) is 32.0. The maximum absolute atomic E-state index is 13.2. The number of aryl methyl sites for hydroxylation is 1. The van der Waals surface area contributed by atoms with E-state index in [4.69, 9.17) is 0 Å². The van der Waals surface area contributed by atoms with Crippen LogP contribution in [0.25, 0.3) is 10.6 Å². The summed E-state index contributed by atoms with van der Waals surface area (Å²) in [7, 11) is 0. The van der Waals surface area contributed by atoms with Crippen LogP contribution in [0, 0.1) is 0 Å². The molecule has 2 heterocycles. The van der Waals surface area contributed by atoms with Crippen molar-refractivity contribution in [3.63, 3.8) is 0 Å². The molecule has 1 aliphatic rings. The van der Waals surface area contributed by atoms with Crippen LogP contribution in [-0.4, -0.2) is 16.8 Å². The molecule has 4 aromatic rings. The fraction of sp³-hybridized carbons (Fsp3) is 0.222. The summed E-state index contributed by atoms with van der Waals surface area (Å²) in [5, 5.41) is 9.55. The molecule has 1 aliphatic carbocycles. The second-order valence-electron chi connectivity index (χ2n) is 8.32. The molecule has 7 heteroatoms. The van der Waals surface area contributed by atoms with Crippen LogP contribution in [0.2, 0.25) is 0 Å². The van der Waals surface area contributed by atoms with Gasteiger partial charge in [0.15, 0.2) is 0 Å². The zero-order valence-electron chi connectivity index (χ0n) is 18.7. The van der Waals surface area contributed by atoms with Gasteiger partial charge in [-0.2, -0.15) is 0 Å². The molecule has 0 radical (unpaired) electrons. The molecule has 0 bridgehead atoms. The third-order valence-electron chi connectivity index (χ3n) is 5.86. The van der Waals surface area contributed by atoms with E-state index in [9.17, 15) is 9.59 Å². The number of carbonyl (C=O) groups excluding carboxylic acids is 2. The summed E-state index contributed by atoms with van der Waals surface area (Å²) in [6, 6.07) is 19.8. The molecular formula is C27H25N3O2S2. The minimum atomic E-state index is -0.152. The van der Waals surface area contributed by atoms with Gasteiger partial charge in [-0.25, -0.2) is 4.98 Å². The number of thiophene rings is 1. The summed E-state index contributed by atoms with van der Waals surface area (Å²) in [6.45, 7) is 0.457. The van der Waals surface area contributed by atoms with Gasteiger partial charge in [-0.05, 0) is 36.8 Å². The Morgan fingerprint density at radius 3 is 2.47 bits per heavy atom. The molecule has 5 rings (SSSR count). The van der Waals surface area contributed by atoms with Crippen molar-refractivity contribution in [2.75, 3.05) is 5.32 Å². The normalized spacial score (nSPS) is 12.7. The predicted octanol–water partition coefficient (Wildman–Crippen LogP) is 5.86. The molecule has 2 aromatic heterocycles. The number of thiazole rings is 1. The molecule has 0 aliphatic heterocycles. The molecule has 0 saturated carbocycles. The number of nitrogens with one attached hydrogen (secondary N) is 2. The fourth-order valence-corrected chi connectivity index (χ4v) is 6.33. The van der Waals surface area contributed by atoms with Gasteiger partial charge in [0.2, 0.25) is 5.91 Å². The number of aromatic nitrogens is 1. The van der Waals surface area contributed by atoms with Gasteiger partial charge in [0.05, 0.1) is 17.7 Å². The summed E-state index contributed by atoms with van der Waals surface area (Å²) in [5.41, 5.74) is 4.55. The first kappa shape index (κ1) is 22.5. The quantitative estimate of drug-likeness (QED) is 0.343. The van der Waals surface area contributed by atoms with E-state index in [0.717, 1.165) is 53.1 Å². The molecule has 172 valence electrons.